The summed E-state index contributed by atoms with van der Waals surface area (Å²) in [5.74, 6) is -7.18. The zero-order valence-corrected chi connectivity index (χ0v) is 14.2. The maximum atomic E-state index is 12.4. The Morgan fingerprint density at radius 3 is 1.80 bits per heavy atom. The third-order valence-corrected chi connectivity index (χ3v) is 3.65. The number of aliphatic carboxylic acids is 3. The molecule has 14 heteroatoms. The van der Waals surface area contributed by atoms with Gasteiger partial charge < -0.3 is 25.6 Å². The fourth-order valence-electron chi connectivity index (χ4n) is 1.48. The van der Waals surface area contributed by atoms with Crippen LogP contribution >= 0.6 is 0 Å². The highest BCUT2D eigenvalue weighted by Gasteiger charge is 2.55. The summed E-state index contributed by atoms with van der Waals surface area (Å²) >= 11 is 0. The van der Waals surface area contributed by atoms with Crippen molar-refractivity contribution in [3.8, 4) is 0 Å². The monoisotopic (exact) mass is 384 g/mol. The van der Waals surface area contributed by atoms with Crippen LogP contribution in [0.2, 0.25) is 0 Å². The molecule has 0 bridgehead atoms. The summed E-state index contributed by atoms with van der Waals surface area (Å²) in [4.78, 5) is 29.3. The van der Waals surface area contributed by atoms with Gasteiger partial charge >= 0.3 is 23.6 Å². The molecule has 5 N–H and O–H groups in total. The van der Waals surface area contributed by atoms with Crippen molar-refractivity contribution >= 4 is 27.7 Å². The molecule has 1 atom stereocenters. The fourth-order valence-corrected chi connectivity index (χ4v) is 2.29. The molecule has 0 fully saturated rings. The van der Waals surface area contributed by atoms with Crippen molar-refractivity contribution in [2.24, 2.45) is 5.73 Å². The fraction of sp³-hybridized carbons (Fsp3) is 0.545. The predicted octanol–water partition coefficient (Wildman–Crippen LogP) is -1.33. The summed E-state index contributed by atoms with van der Waals surface area (Å²) in [6, 6.07) is -0.321. The van der Waals surface area contributed by atoms with Crippen molar-refractivity contribution in [1.82, 2.24) is 14.8 Å². The summed E-state index contributed by atoms with van der Waals surface area (Å²) < 4.78 is 36.4. The lowest BCUT2D eigenvalue weighted by Crippen LogP contribution is -2.49. The number of sulfone groups is 1. The molecule has 1 heterocycles. The first-order chi connectivity index (χ1) is 11.2. The summed E-state index contributed by atoms with van der Waals surface area (Å²) in [6.07, 6.45) is 1.11. The highest BCUT2D eigenvalue weighted by Crippen LogP contribution is 2.13. The second-order valence-electron chi connectivity index (χ2n) is 4.72. The summed E-state index contributed by atoms with van der Waals surface area (Å²) in [7, 11) is -3.32. The first-order valence-electron chi connectivity index (χ1n) is 6.49. The van der Waals surface area contributed by atoms with Crippen molar-refractivity contribution in [1.29, 1.82) is 0 Å². The molecule has 1 rings (SSSR count). The van der Waals surface area contributed by atoms with Crippen LogP contribution < -0.4 is 5.73 Å². The van der Waals surface area contributed by atoms with Crippen molar-refractivity contribution in [2.75, 3.05) is 6.26 Å². The molecule has 0 amide bonds. The number of nitrogens with zero attached hydrogens (tertiary/aromatic N) is 3. The number of hydrogen-bond donors (Lipinski definition) is 4. The SMILES string of the molecule is CCn1c([C@@H](C)N)nnc1S(C)(=O)=O.O=C(O)C(F)(C(=O)O)C(=O)O. The Balaban J connectivity index is 0.000000477. The lowest BCUT2D eigenvalue weighted by molar-refractivity contribution is -0.177. The Kier molecular flexibility index (Phi) is 7.14. The standard InChI is InChI=1S/C7H14N4O2S.C4H3FO6/c1-4-11-6(5(2)8)9-10-7(11)14(3,12)13;5-4(1(6)7,2(8)9)3(10)11/h5H,4,8H2,1-3H3;(H,6,7)(H,8,9)(H,10,11)/t5-;/m1./s1. The van der Waals surface area contributed by atoms with E-state index in [4.69, 9.17) is 21.1 Å². The van der Waals surface area contributed by atoms with Gasteiger partial charge in [-0.25, -0.2) is 27.2 Å². The van der Waals surface area contributed by atoms with Crippen LogP contribution in [0.1, 0.15) is 25.7 Å². The van der Waals surface area contributed by atoms with Gasteiger partial charge in [-0.05, 0) is 13.8 Å². The van der Waals surface area contributed by atoms with E-state index in [1.165, 1.54) is 4.57 Å². The van der Waals surface area contributed by atoms with E-state index in [-0.39, 0.29) is 11.2 Å². The summed E-state index contributed by atoms with van der Waals surface area (Å²) in [6.45, 7) is 4.05. The molecule has 0 radical (unpaired) electrons. The minimum absolute atomic E-state index is 0.0210. The van der Waals surface area contributed by atoms with Crippen LogP contribution in [-0.4, -0.2) is 68.3 Å². The molecule has 0 unspecified atom stereocenters. The highest BCUT2D eigenvalue weighted by atomic mass is 32.2. The Morgan fingerprint density at radius 2 is 1.60 bits per heavy atom. The molecule has 1 aromatic heterocycles. The van der Waals surface area contributed by atoms with E-state index < -0.39 is 33.4 Å². The zero-order valence-electron chi connectivity index (χ0n) is 13.4. The molecular weight excluding hydrogens is 367 g/mol. The summed E-state index contributed by atoms with van der Waals surface area (Å²) in [5, 5.41) is 30.9. The molecule has 142 valence electrons. The third kappa shape index (κ3) is 4.93. The predicted molar refractivity (Wildman–Crippen MR) is 78.2 cm³/mol. The second kappa shape index (κ2) is 7.98. The van der Waals surface area contributed by atoms with Gasteiger partial charge in [0.1, 0.15) is 0 Å². The molecular formula is C11H17FN4O8S. The topological polar surface area (TPSA) is 203 Å². The maximum Gasteiger partial charge on any atom is 0.396 e. The van der Waals surface area contributed by atoms with Crippen LogP contribution in [0.25, 0.3) is 0 Å². The average Bonchev–Trinajstić information content (AvgIpc) is 2.90. The molecule has 0 aliphatic rings. The quantitative estimate of drug-likeness (QED) is 0.423. The highest BCUT2D eigenvalue weighted by molar-refractivity contribution is 7.90. The lowest BCUT2D eigenvalue weighted by atomic mass is 10.1. The van der Waals surface area contributed by atoms with Crippen LogP contribution in [-0.2, 0) is 30.8 Å². The van der Waals surface area contributed by atoms with Crippen LogP contribution in [0.5, 0.6) is 0 Å². The van der Waals surface area contributed by atoms with Gasteiger partial charge in [0.05, 0.1) is 6.04 Å². The van der Waals surface area contributed by atoms with Crippen LogP contribution in [0.4, 0.5) is 4.39 Å². The molecule has 0 aliphatic carbocycles. The normalized spacial score (nSPS) is 12.7. The van der Waals surface area contributed by atoms with E-state index >= 15 is 0 Å². The van der Waals surface area contributed by atoms with Gasteiger partial charge in [-0.2, -0.15) is 0 Å². The Bertz CT molecular complexity index is 737. The van der Waals surface area contributed by atoms with E-state index in [2.05, 4.69) is 10.2 Å². The lowest BCUT2D eigenvalue weighted by Gasteiger charge is -2.08. The largest absolute Gasteiger partial charge is 0.478 e. The number of carboxylic acid groups (broad SMARTS) is 3. The van der Waals surface area contributed by atoms with E-state index in [0.717, 1.165) is 6.26 Å². The van der Waals surface area contributed by atoms with Gasteiger partial charge in [0.2, 0.25) is 15.0 Å². The molecule has 0 saturated heterocycles. The minimum atomic E-state index is -4.25. The first kappa shape index (κ1) is 22.4. The van der Waals surface area contributed by atoms with E-state index in [1.54, 1.807) is 6.92 Å². The number of halogens is 1. The number of hydrogen-bond acceptors (Lipinski definition) is 8. The van der Waals surface area contributed by atoms with Crippen LogP contribution in [0.3, 0.4) is 0 Å². The molecule has 0 saturated carbocycles. The smallest absolute Gasteiger partial charge is 0.396 e. The molecule has 25 heavy (non-hydrogen) atoms. The number of alkyl halides is 1. The number of carboxylic acids is 3. The molecule has 0 aliphatic heterocycles. The number of aromatic nitrogens is 3. The molecule has 1 aromatic rings. The Morgan fingerprint density at radius 1 is 1.20 bits per heavy atom. The van der Waals surface area contributed by atoms with Gasteiger partial charge in [0.25, 0.3) is 0 Å². The van der Waals surface area contributed by atoms with Gasteiger partial charge in [-0.3, -0.25) is 0 Å². The van der Waals surface area contributed by atoms with Gasteiger partial charge in [-0.15, -0.1) is 10.2 Å². The number of rotatable bonds is 6. The van der Waals surface area contributed by atoms with Gasteiger partial charge in [0.15, 0.2) is 5.82 Å². The van der Waals surface area contributed by atoms with Crippen LogP contribution in [0.15, 0.2) is 5.16 Å². The van der Waals surface area contributed by atoms with Gasteiger partial charge in [0, 0.05) is 12.8 Å². The minimum Gasteiger partial charge on any atom is -0.478 e. The third-order valence-electron chi connectivity index (χ3n) is 2.68. The maximum absolute atomic E-state index is 12.4. The van der Waals surface area contributed by atoms with Crippen molar-refractivity contribution in [3.63, 3.8) is 0 Å². The molecule has 0 aromatic carbocycles. The van der Waals surface area contributed by atoms with E-state index in [9.17, 15) is 27.2 Å². The van der Waals surface area contributed by atoms with Crippen molar-refractivity contribution in [3.05, 3.63) is 5.82 Å². The van der Waals surface area contributed by atoms with E-state index in [0.29, 0.717) is 12.4 Å². The Hall–Kier alpha value is -2.61. The van der Waals surface area contributed by atoms with Crippen molar-refractivity contribution < 1.29 is 42.5 Å². The van der Waals surface area contributed by atoms with Crippen molar-refractivity contribution in [2.45, 2.75) is 37.3 Å². The number of nitrogens with two attached hydrogens (primary N) is 1. The van der Waals surface area contributed by atoms with Crippen LogP contribution in [0, 0.1) is 0 Å². The molecule has 0 spiro atoms. The number of carbonyl (C=O) groups is 3. The van der Waals surface area contributed by atoms with E-state index in [1.807, 2.05) is 6.92 Å². The summed E-state index contributed by atoms with van der Waals surface area (Å²) in [5.41, 5.74) is 1.38. The second-order valence-corrected chi connectivity index (χ2v) is 6.63. The Labute approximate surface area is 141 Å². The average molecular weight is 384 g/mol. The zero-order chi connectivity index (χ0) is 20.2. The van der Waals surface area contributed by atoms with Gasteiger partial charge in [-0.1, -0.05) is 0 Å². The molecule has 12 nitrogen and oxygen atoms in total. The first-order valence-corrected chi connectivity index (χ1v) is 8.38.